The third kappa shape index (κ3) is 5.08. The molecule has 8 nitrogen and oxygen atoms in total. The highest BCUT2D eigenvalue weighted by molar-refractivity contribution is 7.89. The largest absolute Gasteiger partial charge is 0.295 e. The fraction of sp³-hybridized carbons (Fsp3) is 0.632. The normalized spacial score (nSPS) is 21.1. The highest BCUT2D eigenvalue weighted by atomic mass is 32.2. The van der Waals surface area contributed by atoms with Crippen molar-refractivity contribution in [1.82, 2.24) is 4.31 Å². The summed E-state index contributed by atoms with van der Waals surface area (Å²) >= 11 is 0. The van der Waals surface area contributed by atoms with Gasteiger partial charge in [-0.3, -0.25) is 15.5 Å². The Hall–Kier alpha value is -2.00. The van der Waals surface area contributed by atoms with Crippen molar-refractivity contribution in [2.24, 2.45) is 16.4 Å². The summed E-state index contributed by atoms with van der Waals surface area (Å²) in [7, 11) is -3.77. The number of nitro benzene ring substituents is 1. The van der Waals surface area contributed by atoms with Crippen LogP contribution in [-0.2, 0) is 10.0 Å². The van der Waals surface area contributed by atoms with Gasteiger partial charge in [-0.25, -0.2) is 8.42 Å². The zero-order chi connectivity index (χ0) is 21.1. The van der Waals surface area contributed by atoms with Gasteiger partial charge in [-0.1, -0.05) is 34.6 Å². The van der Waals surface area contributed by atoms with Crippen molar-refractivity contribution < 1.29 is 13.3 Å². The molecule has 0 bridgehead atoms. The van der Waals surface area contributed by atoms with Crippen LogP contribution in [0.15, 0.2) is 28.2 Å². The summed E-state index contributed by atoms with van der Waals surface area (Å²) in [4.78, 5) is 10.8. The van der Waals surface area contributed by atoms with Gasteiger partial charge in [0.15, 0.2) is 0 Å². The van der Waals surface area contributed by atoms with E-state index in [0.717, 1.165) is 31.0 Å². The highest BCUT2D eigenvalue weighted by Crippen LogP contribution is 2.37. The molecule has 1 saturated carbocycles. The first-order valence-electron chi connectivity index (χ1n) is 9.60. The van der Waals surface area contributed by atoms with Crippen molar-refractivity contribution in [3.8, 4) is 0 Å². The van der Waals surface area contributed by atoms with Gasteiger partial charge in [0.05, 0.1) is 9.82 Å². The van der Waals surface area contributed by atoms with E-state index in [1.54, 1.807) is 13.8 Å². The van der Waals surface area contributed by atoms with Crippen LogP contribution in [0.4, 0.5) is 11.4 Å². The zero-order valence-corrected chi connectivity index (χ0v) is 18.0. The minimum Gasteiger partial charge on any atom is -0.272 e. The van der Waals surface area contributed by atoms with E-state index in [2.05, 4.69) is 31.3 Å². The molecule has 1 aromatic carbocycles. The van der Waals surface area contributed by atoms with Crippen molar-refractivity contribution in [2.45, 2.75) is 58.8 Å². The molecule has 28 heavy (non-hydrogen) atoms. The van der Waals surface area contributed by atoms with E-state index in [1.807, 2.05) is 0 Å². The molecule has 1 unspecified atom stereocenters. The summed E-state index contributed by atoms with van der Waals surface area (Å²) in [5.74, 6) is 0.501. The second-order valence-corrected chi connectivity index (χ2v) is 10.1. The molecule has 0 aromatic heterocycles. The van der Waals surface area contributed by atoms with Crippen molar-refractivity contribution in [2.75, 3.05) is 18.5 Å². The van der Waals surface area contributed by atoms with Gasteiger partial charge in [-0.2, -0.15) is 9.41 Å². The number of nitrogens with one attached hydrogen (secondary N) is 1. The summed E-state index contributed by atoms with van der Waals surface area (Å²) in [6.07, 6.45) is 2.79. The Morgan fingerprint density at radius 3 is 2.50 bits per heavy atom. The molecule has 1 fully saturated rings. The van der Waals surface area contributed by atoms with Crippen molar-refractivity contribution in [1.29, 1.82) is 0 Å². The number of hydrogen-bond donors (Lipinski definition) is 1. The third-order valence-electron chi connectivity index (χ3n) is 5.01. The Morgan fingerprint density at radius 1 is 1.32 bits per heavy atom. The Kier molecular flexibility index (Phi) is 6.82. The Bertz CT molecular complexity index is 861. The van der Waals surface area contributed by atoms with E-state index >= 15 is 0 Å². The lowest BCUT2D eigenvalue weighted by Crippen LogP contribution is -2.30. The van der Waals surface area contributed by atoms with Crippen LogP contribution in [0.2, 0.25) is 0 Å². The van der Waals surface area contributed by atoms with Gasteiger partial charge in [0.1, 0.15) is 5.69 Å². The van der Waals surface area contributed by atoms with Gasteiger partial charge in [0.2, 0.25) is 10.0 Å². The third-order valence-corrected chi connectivity index (χ3v) is 7.06. The molecule has 9 heteroatoms. The number of nitrogens with zero attached hydrogens (tertiary/aromatic N) is 3. The molecular weight excluding hydrogens is 380 g/mol. The number of sulfonamides is 1. The molecule has 1 N–H and O–H groups in total. The SMILES string of the molecule is CCN(CC)S(=O)(=O)c1ccc(NN=C2CC(C)CC(C)(C)C2)c([N+](=O)[O-])c1. The van der Waals surface area contributed by atoms with E-state index in [9.17, 15) is 18.5 Å². The fourth-order valence-corrected chi connectivity index (χ4v) is 5.45. The molecule has 2 rings (SSSR count). The number of anilines is 1. The monoisotopic (exact) mass is 410 g/mol. The average Bonchev–Trinajstić information content (AvgIpc) is 2.58. The summed E-state index contributed by atoms with van der Waals surface area (Å²) in [6, 6.07) is 3.90. The zero-order valence-electron chi connectivity index (χ0n) is 17.2. The first-order valence-corrected chi connectivity index (χ1v) is 11.0. The molecule has 156 valence electrons. The van der Waals surface area contributed by atoms with E-state index in [1.165, 1.54) is 16.4 Å². The molecule has 0 saturated heterocycles. The molecule has 0 heterocycles. The Labute approximate surface area is 167 Å². The molecule has 0 spiro atoms. The summed E-state index contributed by atoms with van der Waals surface area (Å²) in [5.41, 5.74) is 3.79. The Balaban J connectivity index is 2.34. The lowest BCUT2D eigenvalue weighted by atomic mass is 9.72. The van der Waals surface area contributed by atoms with Crippen LogP contribution in [0.3, 0.4) is 0 Å². The minimum absolute atomic E-state index is 0.0893. The number of nitro groups is 1. The van der Waals surface area contributed by atoms with Crippen LogP contribution in [0.25, 0.3) is 0 Å². The second-order valence-electron chi connectivity index (χ2n) is 8.17. The highest BCUT2D eigenvalue weighted by Gasteiger charge is 2.30. The fourth-order valence-electron chi connectivity index (χ4n) is 3.97. The average molecular weight is 411 g/mol. The first-order chi connectivity index (χ1) is 13.0. The predicted octanol–water partition coefficient (Wildman–Crippen LogP) is 4.24. The first kappa shape index (κ1) is 22.3. The van der Waals surface area contributed by atoms with E-state index in [4.69, 9.17) is 0 Å². The van der Waals surface area contributed by atoms with Crippen LogP contribution < -0.4 is 5.43 Å². The molecule has 0 aliphatic heterocycles. The van der Waals surface area contributed by atoms with Gasteiger partial charge >= 0.3 is 0 Å². The molecular formula is C19H30N4O4S. The molecule has 1 aromatic rings. The number of hydrogen-bond acceptors (Lipinski definition) is 6. The maximum atomic E-state index is 12.6. The van der Waals surface area contributed by atoms with Crippen molar-refractivity contribution in [3.63, 3.8) is 0 Å². The van der Waals surface area contributed by atoms with Gasteiger partial charge in [-0.05, 0) is 42.7 Å². The van der Waals surface area contributed by atoms with E-state index in [0.29, 0.717) is 19.0 Å². The summed E-state index contributed by atoms with van der Waals surface area (Å²) in [6.45, 7) is 10.6. The van der Waals surface area contributed by atoms with Gasteiger partial charge in [0, 0.05) is 24.9 Å². The standard InChI is InChI=1S/C19H30N4O4S/c1-6-22(7-2)28(26,27)16-8-9-17(18(11-16)23(24)25)21-20-15-10-14(3)12-19(4,5)13-15/h8-9,11,14,21H,6-7,10,12-13H2,1-5H3. The van der Waals surface area contributed by atoms with Crippen LogP contribution in [0.1, 0.15) is 53.9 Å². The van der Waals surface area contributed by atoms with Gasteiger partial charge < -0.3 is 0 Å². The summed E-state index contributed by atoms with van der Waals surface area (Å²) < 4.78 is 26.6. The minimum atomic E-state index is -3.77. The van der Waals surface area contributed by atoms with Crippen LogP contribution in [0, 0.1) is 21.4 Å². The smallest absolute Gasteiger partial charge is 0.272 e. The maximum Gasteiger partial charge on any atom is 0.295 e. The van der Waals surface area contributed by atoms with E-state index in [-0.39, 0.29) is 21.7 Å². The van der Waals surface area contributed by atoms with E-state index < -0.39 is 14.9 Å². The van der Waals surface area contributed by atoms with Crippen LogP contribution >= 0.6 is 0 Å². The molecule has 1 atom stereocenters. The van der Waals surface area contributed by atoms with Crippen molar-refractivity contribution >= 4 is 27.1 Å². The predicted molar refractivity (Wildman–Crippen MR) is 111 cm³/mol. The molecule has 1 aliphatic rings. The maximum absolute atomic E-state index is 12.6. The second kappa shape index (κ2) is 8.57. The topological polar surface area (TPSA) is 105 Å². The lowest BCUT2D eigenvalue weighted by Gasteiger charge is -2.34. The Morgan fingerprint density at radius 2 is 1.96 bits per heavy atom. The molecule has 1 aliphatic carbocycles. The van der Waals surface area contributed by atoms with Crippen molar-refractivity contribution in [3.05, 3.63) is 28.3 Å². The van der Waals surface area contributed by atoms with Gasteiger partial charge in [0.25, 0.3) is 5.69 Å². The van der Waals surface area contributed by atoms with Crippen LogP contribution in [-0.4, -0.2) is 36.4 Å². The molecule has 0 amide bonds. The lowest BCUT2D eigenvalue weighted by molar-refractivity contribution is -0.384. The quantitative estimate of drug-likeness (QED) is 0.535. The molecule has 0 radical (unpaired) electrons. The summed E-state index contributed by atoms with van der Waals surface area (Å²) in [5, 5.41) is 15.9. The van der Waals surface area contributed by atoms with Gasteiger partial charge in [-0.15, -0.1) is 0 Å². The van der Waals surface area contributed by atoms with Crippen LogP contribution in [0.5, 0.6) is 0 Å². The number of rotatable bonds is 7. The number of benzene rings is 1. The number of hydrazone groups is 1.